The zero-order chi connectivity index (χ0) is 8.81. The van der Waals surface area contributed by atoms with Crippen molar-refractivity contribution in [2.75, 3.05) is 22.0 Å². The maximum Gasteiger partial charge on any atom is 0.0573 e. The summed E-state index contributed by atoms with van der Waals surface area (Å²) in [5, 5.41) is 3.28. The summed E-state index contributed by atoms with van der Waals surface area (Å²) in [6.45, 7) is 0.997. The minimum absolute atomic E-state index is 0.825. The Labute approximate surface area is 86.7 Å². The molecule has 0 spiro atoms. The number of para-hydroxylation sites is 2. The van der Waals surface area contributed by atoms with E-state index in [0.717, 1.165) is 17.9 Å². The summed E-state index contributed by atoms with van der Waals surface area (Å²) in [6, 6.07) is 7.84. The van der Waals surface area contributed by atoms with E-state index in [1.165, 1.54) is 10.8 Å². The summed E-state index contributed by atoms with van der Waals surface area (Å²) < 4.78 is 1.18. The Kier molecular flexibility index (Phi) is 4.21. The second-order valence-electron chi connectivity index (χ2n) is 2.56. The van der Waals surface area contributed by atoms with Crippen LogP contribution in [-0.2, 0) is 0 Å². The van der Waals surface area contributed by atoms with Gasteiger partial charge in [-0.15, -0.1) is 0 Å². The van der Waals surface area contributed by atoms with E-state index in [9.17, 15) is 0 Å². The van der Waals surface area contributed by atoms with E-state index in [1.807, 2.05) is 24.3 Å². The van der Waals surface area contributed by atoms with Crippen LogP contribution in [0, 0.1) is 0 Å². The predicted molar refractivity (Wildman–Crippen MR) is 62.8 cm³/mol. The van der Waals surface area contributed by atoms with Gasteiger partial charge in [0.15, 0.2) is 0 Å². The lowest BCUT2D eigenvalue weighted by Gasteiger charge is -2.07. The third-order valence-electron chi connectivity index (χ3n) is 1.59. The number of alkyl halides is 1. The second kappa shape index (κ2) is 5.24. The van der Waals surface area contributed by atoms with E-state index >= 15 is 0 Å². The molecule has 1 aromatic carbocycles. The number of nitrogens with two attached hydrogens (primary N) is 1. The number of benzene rings is 1. The highest BCUT2D eigenvalue weighted by Crippen LogP contribution is 2.16. The van der Waals surface area contributed by atoms with Gasteiger partial charge in [0.1, 0.15) is 0 Å². The Morgan fingerprint density at radius 2 is 2.08 bits per heavy atom. The number of nitrogens with one attached hydrogen (secondary N) is 1. The molecule has 0 aliphatic heterocycles. The Morgan fingerprint density at radius 3 is 2.75 bits per heavy atom. The van der Waals surface area contributed by atoms with E-state index in [1.54, 1.807) is 0 Å². The summed E-state index contributed by atoms with van der Waals surface area (Å²) in [5.41, 5.74) is 7.61. The molecule has 0 aliphatic rings. The molecule has 0 unspecified atom stereocenters. The molecule has 66 valence electrons. The molecule has 0 bridgehead atoms. The Balaban J connectivity index is 2.46. The average molecular weight is 276 g/mol. The van der Waals surface area contributed by atoms with Crippen LogP contribution in [0.1, 0.15) is 6.42 Å². The molecule has 0 heterocycles. The first-order chi connectivity index (χ1) is 5.84. The van der Waals surface area contributed by atoms with Gasteiger partial charge in [-0.1, -0.05) is 34.7 Å². The fraction of sp³-hybridized carbons (Fsp3) is 0.333. The first-order valence-electron chi connectivity index (χ1n) is 3.99. The average Bonchev–Trinajstić information content (AvgIpc) is 2.09. The normalized spacial score (nSPS) is 9.75. The topological polar surface area (TPSA) is 38.0 Å². The molecular weight excluding hydrogens is 263 g/mol. The molecule has 0 saturated heterocycles. The van der Waals surface area contributed by atoms with Crippen molar-refractivity contribution in [1.29, 1.82) is 0 Å². The van der Waals surface area contributed by atoms with Crippen LogP contribution in [0.25, 0.3) is 0 Å². The third-order valence-corrected chi connectivity index (χ3v) is 2.35. The van der Waals surface area contributed by atoms with E-state index < -0.39 is 0 Å². The highest BCUT2D eigenvalue weighted by Gasteiger charge is 1.94. The summed E-state index contributed by atoms with van der Waals surface area (Å²) in [5.74, 6) is 0. The molecule has 0 aliphatic carbocycles. The van der Waals surface area contributed by atoms with Crippen LogP contribution in [0.4, 0.5) is 11.4 Å². The quantitative estimate of drug-likeness (QED) is 0.384. The van der Waals surface area contributed by atoms with Gasteiger partial charge in [0.25, 0.3) is 0 Å². The van der Waals surface area contributed by atoms with Gasteiger partial charge in [-0.05, 0) is 18.6 Å². The first kappa shape index (κ1) is 9.64. The maximum absolute atomic E-state index is 5.74. The SMILES string of the molecule is Nc1ccccc1NCCCI. The minimum Gasteiger partial charge on any atom is -0.397 e. The molecule has 0 radical (unpaired) electrons. The van der Waals surface area contributed by atoms with Gasteiger partial charge < -0.3 is 11.1 Å². The molecule has 0 atom stereocenters. The zero-order valence-electron chi connectivity index (χ0n) is 6.89. The minimum atomic E-state index is 0.825. The smallest absolute Gasteiger partial charge is 0.0573 e. The van der Waals surface area contributed by atoms with Crippen molar-refractivity contribution >= 4 is 34.0 Å². The van der Waals surface area contributed by atoms with Gasteiger partial charge >= 0.3 is 0 Å². The predicted octanol–water partition coefficient (Wildman–Crippen LogP) is 2.51. The summed E-state index contributed by atoms with van der Waals surface area (Å²) in [4.78, 5) is 0. The molecule has 0 aromatic heterocycles. The van der Waals surface area contributed by atoms with Gasteiger partial charge in [0.05, 0.1) is 11.4 Å². The first-order valence-corrected chi connectivity index (χ1v) is 5.51. The lowest BCUT2D eigenvalue weighted by molar-refractivity contribution is 1.01. The maximum atomic E-state index is 5.74. The molecule has 0 amide bonds. The lowest BCUT2D eigenvalue weighted by Crippen LogP contribution is -2.03. The molecule has 1 rings (SSSR count). The Bertz CT molecular complexity index is 238. The number of anilines is 2. The van der Waals surface area contributed by atoms with Crippen molar-refractivity contribution in [3.05, 3.63) is 24.3 Å². The van der Waals surface area contributed by atoms with Gasteiger partial charge in [0.2, 0.25) is 0 Å². The van der Waals surface area contributed by atoms with Gasteiger partial charge in [0, 0.05) is 11.0 Å². The van der Waals surface area contributed by atoms with Crippen molar-refractivity contribution in [3.8, 4) is 0 Å². The Hall–Kier alpha value is -0.450. The number of hydrogen-bond donors (Lipinski definition) is 2. The highest BCUT2D eigenvalue weighted by molar-refractivity contribution is 14.1. The molecule has 3 N–H and O–H groups in total. The highest BCUT2D eigenvalue weighted by atomic mass is 127. The number of nitrogen functional groups attached to an aromatic ring is 1. The lowest BCUT2D eigenvalue weighted by atomic mass is 10.2. The standard InChI is InChI=1S/C9H13IN2/c10-6-3-7-12-9-5-2-1-4-8(9)11/h1-2,4-5,12H,3,6-7,11H2. The van der Waals surface area contributed by atoms with E-state index in [0.29, 0.717) is 0 Å². The summed E-state index contributed by atoms with van der Waals surface area (Å²) in [6.07, 6.45) is 1.18. The van der Waals surface area contributed by atoms with Crippen molar-refractivity contribution < 1.29 is 0 Å². The van der Waals surface area contributed by atoms with Crippen LogP contribution in [0.3, 0.4) is 0 Å². The van der Waals surface area contributed by atoms with Crippen molar-refractivity contribution in [2.24, 2.45) is 0 Å². The summed E-state index contributed by atoms with van der Waals surface area (Å²) in [7, 11) is 0. The number of hydrogen-bond acceptors (Lipinski definition) is 2. The molecular formula is C9H13IN2. The molecule has 0 fully saturated rings. The van der Waals surface area contributed by atoms with Crippen molar-refractivity contribution in [3.63, 3.8) is 0 Å². The van der Waals surface area contributed by atoms with Crippen molar-refractivity contribution in [2.45, 2.75) is 6.42 Å². The molecule has 1 aromatic rings. The summed E-state index contributed by atoms with van der Waals surface area (Å²) >= 11 is 2.37. The van der Waals surface area contributed by atoms with E-state index in [2.05, 4.69) is 27.9 Å². The van der Waals surface area contributed by atoms with Gasteiger partial charge in [-0.2, -0.15) is 0 Å². The third kappa shape index (κ3) is 2.89. The number of halogens is 1. The number of rotatable bonds is 4. The molecule has 0 saturated carbocycles. The fourth-order valence-electron chi connectivity index (χ4n) is 0.948. The van der Waals surface area contributed by atoms with Crippen LogP contribution < -0.4 is 11.1 Å². The van der Waals surface area contributed by atoms with Gasteiger partial charge in [-0.3, -0.25) is 0 Å². The monoisotopic (exact) mass is 276 g/mol. The largest absolute Gasteiger partial charge is 0.397 e. The van der Waals surface area contributed by atoms with Crippen molar-refractivity contribution in [1.82, 2.24) is 0 Å². The zero-order valence-corrected chi connectivity index (χ0v) is 9.04. The second-order valence-corrected chi connectivity index (χ2v) is 3.64. The molecule has 3 heteroatoms. The molecule has 2 nitrogen and oxygen atoms in total. The van der Waals surface area contributed by atoms with E-state index in [4.69, 9.17) is 5.73 Å². The Morgan fingerprint density at radius 1 is 1.33 bits per heavy atom. The van der Waals surface area contributed by atoms with Crippen LogP contribution >= 0.6 is 22.6 Å². The fourth-order valence-corrected chi connectivity index (χ4v) is 1.33. The van der Waals surface area contributed by atoms with Crippen LogP contribution in [0.15, 0.2) is 24.3 Å². The van der Waals surface area contributed by atoms with Crippen LogP contribution in [0.2, 0.25) is 0 Å². The van der Waals surface area contributed by atoms with Crippen LogP contribution in [0.5, 0.6) is 0 Å². The van der Waals surface area contributed by atoms with E-state index in [-0.39, 0.29) is 0 Å². The van der Waals surface area contributed by atoms with Gasteiger partial charge in [-0.25, -0.2) is 0 Å². The molecule has 12 heavy (non-hydrogen) atoms. The van der Waals surface area contributed by atoms with Crippen LogP contribution in [-0.4, -0.2) is 11.0 Å².